The number of ether oxygens (including phenoxy) is 1. The van der Waals surface area contributed by atoms with Crippen molar-refractivity contribution in [3.63, 3.8) is 0 Å². The number of fused-ring (bicyclic) bond motifs is 1. The number of aryl methyl sites for hydroxylation is 3. The first-order chi connectivity index (χ1) is 13.4. The minimum absolute atomic E-state index is 0.151. The van der Waals surface area contributed by atoms with Crippen LogP contribution < -0.4 is 10.4 Å². The maximum absolute atomic E-state index is 12.6. The number of hydrogen-bond donors (Lipinski definition) is 0. The van der Waals surface area contributed by atoms with Gasteiger partial charge in [-0.15, -0.1) is 0 Å². The van der Waals surface area contributed by atoms with Crippen LogP contribution in [0, 0.1) is 13.8 Å². The van der Waals surface area contributed by atoms with Gasteiger partial charge in [-0.1, -0.05) is 12.1 Å². The molecule has 0 atom stereocenters. The molecular weight excluding hydrogens is 362 g/mol. The number of carbonyl (C=O) groups excluding carboxylic acids is 1. The first-order valence-electron chi connectivity index (χ1n) is 9.18. The van der Waals surface area contributed by atoms with Crippen molar-refractivity contribution in [2.45, 2.75) is 40.7 Å². The van der Waals surface area contributed by atoms with Crippen molar-refractivity contribution in [1.29, 1.82) is 0 Å². The van der Waals surface area contributed by atoms with Gasteiger partial charge in [0, 0.05) is 12.6 Å². The van der Waals surface area contributed by atoms with Crippen LogP contribution in [0.4, 0.5) is 0 Å². The van der Waals surface area contributed by atoms with Crippen LogP contribution in [-0.2, 0) is 17.8 Å². The summed E-state index contributed by atoms with van der Waals surface area (Å²) in [6, 6.07) is 5.09. The summed E-state index contributed by atoms with van der Waals surface area (Å²) in [5, 5.41) is 4.45. The molecule has 8 heteroatoms. The van der Waals surface area contributed by atoms with E-state index in [-0.39, 0.29) is 19.1 Å². The Balaban J connectivity index is 1.82. The van der Waals surface area contributed by atoms with E-state index in [1.807, 2.05) is 26.8 Å². The molecule has 3 aromatic rings. The first kappa shape index (κ1) is 19.6. The van der Waals surface area contributed by atoms with Gasteiger partial charge in [-0.2, -0.15) is 4.98 Å². The van der Waals surface area contributed by atoms with E-state index in [0.29, 0.717) is 36.0 Å². The van der Waals surface area contributed by atoms with Gasteiger partial charge in [-0.3, -0.25) is 4.79 Å². The van der Waals surface area contributed by atoms with Crippen LogP contribution >= 0.6 is 0 Å². The van der Waals surface area contributed by atoms with E-state index in [1.165, 1.54) is 6.07 Å². The second kappa shape index (κ2) is 8.24. The number of nitrogens with zero attached hydrogens (tertiary/aromatic N) is 3. The summed E-state index contributed by atoms with van der Waals surface area (Å²) in [5.74, 6) is 1.22. The Hall–Kier alpha value is -3.16. The Bertz CT molecular complexity index is 1050. The Morgan fingerprint density at radius 1 is 1.21 bits per heavy atom. The van der Waals surface area contributed by atoms with Crippen molar-refractivity contribution in [2.24, 2.45) is 0 Å². The zero-order chi connectivity index (χ0) is 20.3. The van der Waals surface area contributed by atoms with Crippen LogP contribution in [0.1, 0.15) is 36.7 Å². The molecular formula is C20H23N3O5. The molecule has 0 radical (unpaired) electrons. The van der Waals surface area contributed by atoms with E-state index in [4.69, 9.17) is 13.7 Å². The maximum Gasteiger partial charge on any atom is 0.336 e. The zero-order valence-electron chi connectivity index (χ0n) is 16.4. The fraction of sp³-hybridized carbons (Fsp3) is 0.400. The predicted octanol–water partition coefficient (Wildman–Crippen LogP) is 2.78. The molecule has 0 aliphatic heterocycles. The van der Waals surface area contributed by atoms with Gasteiger partial charge < -0.3 is 18.6 Å². The van der Waals surface area contributed by atoms with Crippen LogP contribution in [0.2, 0.25) is 0 Å². The smallest absolute Gasteiger partial charge is 0.336 e. The highest BCUT2D eigenvalue weighted by atomic mass is 16.5. The number of carbonyl (C=O) groups is 1. The van der Waals surface area contributed by atoms with E-state index < -0.39 is 5.63 Å². The molecule has 0 aliphatic carbocycles. The van der Waals surface area contributed by atoms with Crippen LogP contribution in [0.15, 0.2) is 31.9 Å². The Morgan fingerprint density at radius 3 is 2.64 bits per heavy atom. The number of aromatic nitrogens is 2. The molecule has 8 nitrogen and oxygen atoms in total. The fourth-order valence-electron chi connectivity index (χ4n) is 3.04. The molecule has 1 amide bonds. The standard InChI is InChI=1S/C20H23N3O5/c1-5-14-9-19(25)27-16-8-12(3)7-15(20(14)16)26-11-18(24)23(6-2)10-17-21-13(4)22-28-17/h7-9H,5-6,10-11H2,1-4H3. The van der Waals surface area contributed by atoms with Crippen LogP contribution in [0.3, 0.4) is 0 Å². The van der Waals surface area contributed by atoms with Gasteiger partial charge in [0.1, 0.15) is 17.9 Å². The van der Waals surface area contributed by atoms with Crippen molar-refractivity contribution < 1.29 is 18.5 Å². The lowest BCUT2D eigenvalue weighted by molar-refractivity contribution is -0.134. The summed E-state index contributed by atoms with van der Waals surface area (Å²) >= 11 is 0. The molecule has 0 saturated heterocycles. The van der Waals surface area contributed by atoms with E-state index in [1.54, 1.807) is 17.9 Å². The van der Waals surface area contributed by atoms with E-state index in [2.05, 4.69) is 10.1 Å². The third kappa shape index (κ3) is 4.21. The van der Waals surface area contributed by atoms with E-state index in [0.717, 1.165) is 16.5 Å². The van der Waals surface area contributed by atoms with Crippen LogP contribution in [0.5, 0.6) is 5.75 Å². The average molecular weight is 385 g/mol. The highest BCUT2D eigenvalue weighted by molar-refractivity contribution is 5.88. The normalized spacial score (nSPS) is 11.0. The van der Waals surface area contributed by atoms with Crippen molar-refractivity contribution in [2.75, 3.05) is 13.2 Å². The number of hydrogen-bond acceptors (Lipinski definition) is 7. The summed E-state index contributed by atoms with van der Waals surface area (Å²) in [6.07, 6.45) is 0.646. The van der Waals surface area contributed by atoms with E-state index in [9.17, 15) is 9.59 Å². The highest BCUT2D eigenvalue weighted by Gasteiger charge is 2.18. The summed E-state index contributed by atoms with van der Waals surface area (Å²) in [6.45, 7) is 7.98. The second-order valence-corrected chi connectivity index (χ2v) is 6.51. The monoisotopic (exact) mass is 385 g/mol. The van der Waals surface area contributed by atoms with E-state index >= 15 is 0 Å². The second-order valence-electron chi connectivity index (χ2n) is 6.51. The lowest BCUT2D eigenvalue weighted by Crippen LogP contribution is -2.34. The van der Waals surface area contributed by atoms with Crippen LogP contribution in [0.25, 0.3) is 11.0 Å². The Kier molecular flexibility index (Phi) is 5.77. The molecule has 0 saturated carbocycles. The minimum atomic E-state index is -0.399. The number of likely N-dealkylation sites (N-methyl/N-ethyl adjacent to an activating group) is 1. The molecule has 0 unspecified atom stereocenters. The molecule has 148 valence electrons. The molecule has 0 aliphatic rings. The molecule has 0 fully saturated rings. The van der Waals surface area contributed by atoms with Crippen molar-refractivity contribution in [1.82, 2.24) is 15.0 Å². The topological polar surface area (TPSA) is 98.7 Å². The maximum atomic E-state index is 12.6. The molecule has 3 rings (SSSR count). The summed E-state index contributed by atoms with van der Waals surface area (Å²) in [7, 11) is 0. The first-order valence-corrected chi connectivity index (χ1v) is 9.18. The van der Waals surface area contributed by atoms with Crippen molar-refractivity contribution >= 4 is 16.9 Å². The van der Waals surface area contributed by atoms with Gasteiger partial charge in [0.05, 0.1) is 5.39 Å². The van der Waals surface area contributed by atoms with Gasteiger partial charge in [-0.25, -0.2) is 4.79 Å². The SMILES string of the molecule is CCc1cc(=O)oc2cc(C)cc(OCC(=O)N(CC)Cc3nc(C)no3)c12. The third-order valence-electron chi connectivity index (χ3n) is 4.40. The molecule has 28 heavy (non-hydrogen) atoms. The third-order valence-corrected chi connectivity index (χ3v) is 4.40. The van der Waals surface area contributed by atoms with Gasteiger partial charge in [0.15, 0.2) is 12.4 Å². The Labute approximate surface area is 162 Å². The lowest BCUT2D eigenvalue weighted by atomic mass is 10.1. The van der Waals surface area contributed by atoms with Gasteiger partial charge in [0.25, 0.3) is 5.91 Å². The molecule has 2 heterocycles. The molecule has 0 bridgehead atoms. The van der Waals surface area contributed by atoms with Crippen LogP contribution in [-0.4, -0.2) is 34.1 Å². The zero-order valence-corrected chi connectivity index (χ0v) is 16.4. The largest absolute Gasteiger partial charge is 0.483 e. The van der Waals surface area contributed by atoms with Gasteiger partial charge >= 0.3 is 5.63 Å². The quantitative estimate of drug-likeness (QED) is 0.577. The van der Waals surface area contributed by atoms with Crippen molar-refractivity contribution in [3.05, 3.63) is 51.5 Å². The van der Waals surface area contributed by atoms with Crippen molar-refractivity contribution in [3.8, 4) is 5.75 Å². The highest BCUT2D eigenvalue weighted by Crippen LogP contribution is 2.30. The number of rotatable bonds is 7. The molecule has 2 aromatic heterocycles. The minimum Gasteiger partial charge on any atom is -0.483 e. The fourth-order valence-corrected chi connectivity index (χ4v) is 3.04. The van der Waals surface area contributed by atoms with Gasteiger partial charge in [-0.05, 0) is 50.5 Å². The Morgan fingerprint density at radius 2 is 2.00 bits per heavy atom. The average Bonchev–Trinajstić information content (AvgIpc) is 3.07. The summed E-state index contributed by atoms with van der Waals surface area (Å²) in [5.41, 5.74) is 1.76. The van der Waals surface area contributed by atoms with Gasteiger partial charge in [0.2, 0.25) is 5.89 Å². The molecule has 0 N–H and O–H groups in total. The number of benzene rings is 1. The lowest BCUT2D eigenvalue weighted by Gasteiger charge is -2.19. The summed E-state index contributed by atoms with van der Waals surface area (Å²) < 4.78 is 16.3. The predicted molar refractivity (Wildman–Crippen MR) is 102 cm³/mol. The molecule has 1 aromatic carbocycles. The molecule has 0 spiro atoms. The number of amides is 1. The summed E-state index contributed by atoms with van der Waals surface area (Å²) in [4.78, 5) is 30.1.